The van der Waals surface area contributed by atoms with E-state index in [1.54, 1.807) is 4.90 Å². The normalized spacial score (nSPS) is 14.2. The number of halogens is 3. The highest BCUT2D eigenvalue weighted by atomic mass is 19.2. The van der Waals surface area contributed by atoms with E-state index >= 15 is 0 Å². The first-order valence-corrected chi connectivity index (χ1v) is 9.11. The molecule has 0 spiro atoms. The van der Waals surface area contributed by atoms with Crippen LogP contribution in [0.1, 0.15) is 32.1 Å². The third-order valence-corrected chi connectivity index (χ3v) is 4.30. The van der Waals surface area contributed by atoms with Gasteiger partial charge in [-0.15, -0.1) is 0 Å². The van der Waals surface area contributed by atoms with Crippen molar-refractivity contribution in [2.45, 2.75) is 32.1 Å². The monoisotopic (exact) mass is 400 g/mol. The van der Waals surface area contributed by atoms with E-state index in [4.69, 9.17) is 0 Å². The van der Waals surface area contributed by atoms with Gasteiger partial charge in [0.05, 0.1) is 12.2 Å². The first-order chi connectivity index (χ1) is 13.4. The van der Waals surface area contributed by atoms with E-state index in [-0.39, 0.29) is 18.9 Å². The Bertz CT molecular complexity index is 722. The lowest BCUT2D eigenvalue weighted by Gasteiger charge is -2.20. The first kappa shape index (κ1) is 21.5. The van der Waals surface area contributed by atoms with Crippen LogP contribution in [0.5, 0.6) is 0 Å². The number of anilines is 1. The van der Waals surface area contributed by atoms with Crippen LogP contribution in [-0.4, -0.2) is 48.9 Å². The molecule has 1 fully saturated rings. The molecule has 0 radical (unpaired) electrons. The van der Waals surface area contributed by atoms with E-state index in [2.05, 4.69) is 10.6 Å². The third-order valence-electron chi connectivity index (χ3n) is 4.30. The summed E-state index contributed by atoms with van der Waals surface area (Å²) < 4.78 is 39.4. The van der Waals surface area contributed by atoms with Crippen molar-refractivity contribution >= 4 is 23.5 Å². The molecule has 1 aromatic carbocycles. The summed E-state index contributed by atoms with van der Waals surface area (Å²) in [6.07, 6.45) is 4.34. The maximum absolute atomic E-state index is 13.5. The van der Waals surface area contributed by atoms with Gasteiger partial charge < -0.3 is 20.9 Å². The SMILES string of the molecule is O=C(CNC(=O)NCCC(=O)N1CCCCCC1)Nc1ccc(F)c(F)c1F. The predicted octanol–water partition coefficient (Wildman–Crippen LogP) is 2.13. The van der Waals surface area contributed by atoms with E-state index in [1.807, 2.05) is 5.32 Å². The zero-order chi connectivity index (χ0) is 20.5. The van der Waals surface area contributed by atoms with Crippen LogP contribution in [-0.2, 0) is 9.59 Å². The van der Waals surface area contributed by atoms with Crippen LogP contribution in [0.3, 0.4) is 0 Å². The molecule has 154 valence electrons. The lowest BCUT2D eigenvalue weighted by Crippen LogP contribution is -2.42. The van der Waals surface area contributed by atoms with Gasteiger partial charge in [0.15, 0.2) is 17.5 Å². The van der Waals surface area contributed by atoms with Crippen molar-refractivity contribution in [3.63, 3.8) is 0 Å². The Hall–Kier alpha value is -2.78. The summed E-state index contributed by atoms with van der Waals surface area (Å²) >= 11 is 0. The summed E-state index contributed by atoms with van der Waals surface area (Å²) in [5, 5.41) is 6.72. The molecule has 0 saturated carbocycles. The number of amides is 4. The van der Waals surface area contributed by atoms with Crippen LogP contribution in [0.15, 0.2) is 12.1 Å². The zero-order valence-corrected chi connectivity index (χ0v) is 15.3. The maximum Gasteiger partial charge on any atom is 0.315 e. The number of likely N-dealkylation sites (tertiary alicyclic amines) is 1. The molecule has 3 N–H and O–H groups in total. The Morgan fingerprint density at radius 3 is 2.29 bits per heavy atom. The number of urea groups is 1. The second-order valence-electron chi connectivity index (χ2n) is 6.43. The van der Waals surface area contributed by atoms with Gasteiger partial charge >= 0.3 is 6.03 Å². The van der Waals surface area contributed by atoms with E-state index < -0.39 is 41.6 Å². The lowest BCUT2D eigenvalue weighted by molar-refractivity contribution is -0.131. The molecule has 1 aliphatic rings. The second-order valence-corrected chi connectivity index (χ2v) is 6.43. The quantitative estimate of drug-likeness (QED) is 0.639. The average Bonchev–Trinajstić information content (AvgIpc) is 2.96. The molecule has 1 aliphatic heterocycles. The molecule has 10 heteroatoms. The highest BCUT2D eigenvalue weighted by Gasteiger charge is 2.17. The predicted molar refractivity (Wildman–Crippen MR) is 96.0 cm³/mol. The molecular weight excluding hydrogens is 377 g/mol. The molecule has 0 aromatic heterocycles. The minimum atomic E-state index is -1.70. The van der Waals surface area contributed by atoms with Crippen molar-refractivity contribution in [2.24, 2.45) is 0 Å². The molecule has 2 rings (SSSR count). The van der Waals surface area contributed by atoms with Crippen LogP contribution >= 0.6 is 0 Å². The van der Waals surface area contributed by atoms with Crippen molar-refractivity contribution in [2.75, 3.05) is 31.5 Å². The number of hydrogen-bond donors (Lipinski definition) is 3. The van der Waals surface area contributed by atoms with Gasteiger partial charge in [-0.25, -0.2) is 18.0 Å². The maximum atomic E-state index is 13.5. The number of nitrogens with one attached hydrogen (secondary N) is 3. The van der Waals surface area contributed by atoms with Gasteiger partial charge in [-0.05, 0) is 25.0 Å². The average molecular weight is 400 g/mol. The third kappa shape index (κ3) is 6.43. The van der Waals surface area contributed by atoms with Crippen LogP contribution in [0.25, 0.3) is 0 Å². The van der Waals surface area contributed by atoms with Crippen LogP contribution in [0.4, 0.5) is 23.7 Å². The fraction of sp³-hybridized carbons (Fsp3) is 0.500. The number of nitrogens with zero attached hydrogens (tertiary/aromatic N) is 1. The Balaban J connectivity index is 1.67. The highest BCUT2D eigenvalue weighted by molar-refractivity contribution is 5.94. The fourth-order valence-electron chi connectivity index (χ4n) is 2.80. The first-order valence-electron chi connectivity index (χ1n) is 9.11. The molecule has 0 atom stereocenters. The Labute approximate surface area is 160 Å². The molecule has 28 heavy (non-hydrogen) atoms. The van der Waals surface area contributed by atoms with Gasteiger partial charge in [0.2, 0.25) is 11.8 Å². The van der Waals surface area contributed by atoms with Gasteiger partial charge in [0.25, 0.3) is 0 Å². The minimum Gasteiger partial charge on any atom is -0.343 e. The molecular formula is C18H23F3N4O3. The van der Waals surface area contributed by atoms with Crippen molar-refractivity contribution < 1.29 is 27.6 Å². The van der Waals surface area contributed by atoms with E-state index in [0.29, 0.717) is 6.07 Å². The molecule has 1 aromatic rings. The van der Waals surface area contributed by atoms with E-state index in [9.17, 15) is 27.6 Å². The Morgan fingerprint density at radius 1 is 0.929 bits per heavy atom. The number of carbonyl (C=O) groups excluding carboxylic acids is 3. The van der Waals surface area contributed by atoms with Crippen LogP contribution in [0.2, 0.25) is 0 Å². The van der Waals surface area contributed by atoms with Gasteiger partial charge in [0, 0.05) is 26.1 Å². The second kappa shape index (κ2) is 10.5. The summed E-state index contributed by atoms with van der Waals surface area (Å²) in [5.41, 5.74) is -0.533. The standard InChI is InChI=1S/C18H23F3N4O3/c19-12-5-6-13(17(21)16(12)20)24-14(26)11-23-18(28)22-8-7-15(27)25-9-3-1-2-4-10-25/h5-6H,1-4,7-11H2,(H,24,26)(H2,22,23,28). The largest absolute Gasteiger partial charge is 0.343 e. The molecule has 4 amide bonds. The molecule has 0 bridgehead atoms. The summed E-state index contributed by atoms with van der Waals surface area (Å²) in [4.78, 5) is 37.2. The topological polar surface area (TPSA) is 90.5 Å². The number of hydrogen-bond acceptors (Lipinski definition) is 3. The van der Waals surface area contributed by atoms with Crippen molar-refractivity contribution in [1.29, 1.82) is 0 Å². The van der Waals surface area contributed by atoms with E-state index in [0.717, 1.165) is 44.8 Å². The summed E-state index contributed by atoms with van der Waals surface area (Å²) in [6.45, 7) is 1.06. The highest BCUT2D eigenvalue weighted by Crippen LogP contribution is 2.19. The van der Waals surface area contributed by atoms with Gasteiger partial charge in [0.1, 0.15) is 0 Å². The van der Waals surface area contributed by atoms with Crippen molar-refractivity contribution in [3.8, 4) is 0 Å². The Morgan fingerprint density at radius 2 is 1.61 bits per heavy atom. The number of benzene rings is 1. The minimum absolute atomic E-state index is 0.0336. The Kier molecular flexibility index (Phi) is 8.09. The number of carbonyl (C=O) groups is 3. The smallest absolute Gasteiger partial charge is 0.315 e. The summed E-state index contributed by atoms with van der Waals surface area (Å²) in [6, 6.07) is 0.875. The summed E-state index contributed by atoms with van der Waals surface area (Å²) in [5.74, 6) is -5.44. The van der Waals surface area contributed by atoms with Gasteiger partial charge in [-0.3, -0.25) is 9.59 Å². The van der Waals surface area contributed by atoms with Crippen molar-refractivity contribution in [1.82, 2.24) is 15.5 Å². The van der Waals surface area contributed by atoms with Gasteiger partial charge in [-0.2, -0.15) is 0 Å². The molecule has 0 aliphatic carbocycles. The molecule has 1 heterocycles. The fourth-order valence-corrected chi connectivity index (χ4v) is 2.80. The molecule has 1 saturated heterocycles. The molecule has 7 nitrogen and oxygen atoms in total. The summed E-state index contributed by atoms with van der Waals surface area (Å²) in [7, 11) is 0. The van der Waals surface area contributed by atoms with Crippen molar-refractivity contribution in [3.05, 3.63) is 29.6 Å². The van der Waals surface area contributed by atoms with E-state index in [1.165, 1.54) is 0 Å². The van der Waals surface area contributed by atoms with Gasteiger partial charge in [-0.1, -0.05) is 12.8 Å². The zero-order valence-electron chi connectivity index (χ0n) is 15.3. The lowest BCUT2D eigenvalue weighted by atomic mass is 10.2. The van der Waals surface area contributed by atoms with Crippen LogP contribution in [0, 0.1) is 17.5 Å². The molecule has 0 unspecified atom stereocenters. The number of rotatable bonds is 6. The van der Waals surface area contributed by atoms with Crippen LogP contribution < -0.4 is 16.0 Å².